The van der Waals surface area contributed by atoms with E-state index in [2.05, 4.69) is 10.1 Å². The van der Waals surface area contributed by atoms with E-state index >= 15 is 0 Å². The first kappa shape index (κ1) is 9.86. The SMILES string of the molecule is Cc1ccn(-c2ccc([C@H](C)N)nc2)n1. The smallest absolute Gasteiger partial charge is 0.0829 e. The van der Waals surface area contributed by atoms with Crippen molar-refractivity contribution in [3.8, 4) is 5.69 Å². The van der Waals surface area contributed by atoms with E-state index in [9.17, 15) is 0 Å². The molecular formula is C11H14N4. The van der Waals surface area contributed by atoms with E-state index < -0.39 is 0 Å². The molecule has 0 bridgehead atoms. The molecule has 78 valence electrons. The van der Waals surface area contributed by atoms with Gasteiger partial charge in [0.15, 0.2) is 0 Å². The molecule has 0 fully saturated rings. The van der Waals surface area contributed by atoms with E-state index in [4.69, 9.17) is 5.73 Å². The largest absolute Gasteiger partial charge is 0.323 e. The Morgan fingerprint density at radius 2 is 2.13 bits per heavy atom. The monoisotopic (exact) mass is 202 g/mol. The number of nitrogens with zero attached hydrogens (tertiary/aromatic N) is 3. The summed E-state index contributed by atoms with van der Waals surface area (Å²) in [6, 6.07) is 5.83. The number of hydrogen-bond donors (Lipinski definition) is 1. The summed E-state index contributed by atoms with van der Waals surface area (Å²) in [4.78, 5) is 4.28. The van der Waals surface area contributed by atoms with Gasteiger partial charge in [0.25, 0.3) is 0 Å². The van der Waals surface area contributed by atoms with Gasteiger partial charge < -0.3 is 5.73 Å². The van der Waals surface area contributed by atoms with Crippen molar-refractivity contribution in [3.05, 3.63) is 42.0 Å². The van der Waals surface area contributed by atoms with Gasteiger partial charge in [0.1, 0.15) is 0 Å². The minimum atomic E-state index is -0.0293. The molecule has 0 amide bonds. The molecule has 2 rings (SSSR count). The van der Waals surface area contributed by atoms with Crippen LogP contribution in [-0.2, 0) is 0 Å². The van der Waals surface area contributed by atoms with E-state index in [1.54, 1.807) is 10.9 Å². The predicted octanol–water partition coefficient (Wildman–Crippen LogP) is 1.60. The van der Waals surface area contributed by atoms with Crippen LogP contribution in [0.5, 0.6) is 0 Å². The molecule has 1 atom stereocenters. The van der Waals surface area contributed by atoms with Gasteiger partial charge in [-0.3, -0.25) is 4.98 Å². The maximum Gasteiger partial charge on any atom is 0.0829 e. The number of hydrogen-bond acceptors (Lipinski definition) is 3. The third-order valence-electron chi connectivity index (χ3n) is 2.22. The number of pyridine rings is 1. The predicted molar refractivity (Wildman–Crippen MR) is 58.7 cm³/mol. The highest BCUT2D eigenvalue weighted by molar-refractivity contribution is 5.29. The van der Waals surface area contributed by atoms with Crippen molar-refractivity contribution < 1.29 is 0 Å². The van der Waals surface area contributed by atoms with Gasteiger partial charge in [-0.25, -0.2) is 4.68 Å². The fourth-order valence-corrected chi connectivity index (χ4v) is 1.36. The van der Waals surface area contributed by atoms with Crippen LogP contribution in [0.15, 0.2) is 30.6 Å². The minimum Gasteiger partial charge on any atom is -0.323 e. The first-order chi connectivity index (χ1) is 7.16. The molecule has 0 aliphatic heterocycles. The number of aromatic nitrogens is 3. The van der Waals surface area contributed by atoms with Crippen molar-refractivity contribution in [2.45, 2.75) is 19.9 Å². The second-order valence-electron chi connectivity index (χ2n) is 3.63. The van der Waals surface area contributed by atoms with Crippen molar-refractivity contribution in [1.29, 1.82) is 0 Å². The Labute approximate surface area is 88.8 Å². The second-order valence-corrected chi connectivity index (χ2v) is 3.63. The molecule has 4 heteroatoms. The van der Waals surface area contributed by atoms with Crippen molar-refractivity contribution in [2.75, 3.05) is 0 Å². The normalized spacial score (nSPS) is 12.7. The van der Waals surface area contributed by atoms with Crippen LogP contribution in [-0.4, -0.2) is 14.8 Å². The van der Waals surface area contributed by atoms with E-state index in [-0.39, 0.29) is 6.04 Å². The van der Waals surface area contributed by atoms with Crippen molar-refractivity contribution in [1.82, 2.24) is 14.8 Å². The third-order valence-corrected chi connectivity index (χ3v) is 2.22. The van der Waals surface area contributed by atoms with Crippen LogP contribution in [0.1, 0.15) is 24.4 Å². The first-order valence-corrected chi connectivity index (χ1v) is 4.91. The quantitative estimate of drug-likeness (QED) is 0.804. The highest BCUT2D eigenvalue weighted by atomic mass is 15.3. The molecule has 2 aromatic rings. The van der Waals surface area contributed by atoms with Crippen LogP contribution in [0.25, 0.3) is 5.69 Å². The average Bonchev–Trinajstić information content (AvgIpc) is 2.65. The summed E-state index contributed by atoms with van der Waals surface area (Å²) in [5.41, 5.74) is 8.56. The molecule has 0 aliphatic rings. The van der Waals surface area contributed by atoms with Gasteiger partial charge in [0.05, 0.1) is 23.3 Å². The number of nitrogens with two attached hydrogens (primary N) is 1. The molecule has 0 spiro atoms. The molecule has 2 heterocycles. The van der Waals surface area contributed by atoms with E-state index in [1.165, 1.54) is 0 Å². The Morgan fingerprint density at radius 3 is 2.60 bits per heavy atom. The van der Waals surface area contributed by atoms with Crippen LogP contribution in [0, 0.1) is 6.92 Å². The van der Waals surface area contributed by atoms with Gasteiger partial charge in [0, 0.05) is 12.2 Å². The molecule has 0 saturated heterocycles. The molecule has 2 aromatic heterocycles. The average molecular weight is 202 g/mol. The van der Waals surface area contributed by atoms with Gasteiger partial charge in [-0.1, -0.05) is 0 Å². The maximum absolute atomic E-state index is 5.72. The minimum absolute atomic E-state index is 0.0293. The van der Waals surface area contributed by atoms with Gasteiger partial charge in [-0.2, -0.15) is 5.10 Å². The lowest BCUT2D eigenvalue weighted by atomic mass is 10.2. The highest BCUT2D eigenvalue weighted by Gasteiger charge is 2.02. The van der Waals surface area contributed by atoms with Crippen LogP contribution in [0.4, 0.5) is 0 Å². The van der Waals surface area contributed by atoms with Gasteiger partial charge >= 0.3 is 0 Å². The molecule has 0 aromatic carbocycles. The number of aryl methyl sites for hydroxylation is 1. The summed E-state index contributed by atoms with van der Waals surface area (Å²) in [5.74, 6) is 0. The molecular weight excluding hydrogens is 188 g/mol. The fourth-order valence-electron chi connectivity index (χ4n) is 1.36. The van der Waals surface area contributed by atoms with Crippen LogP contribution in [0.2, 0.25) is 0 Å². The van der Waals surface area contributed by atoms with E-state index in [0.29, 0.717) is 0 Å². The van der Waals surface area contributed by atoms with Crippen LogP contribution in [0.3, 0.4) is 0 Å². The summed E-state index contributed by atoms with van der Waals surface area (Å²) in [6.45, 7) is 3.88. The van der Waals surface area contributed by atoms with E-state index in [1.807, 2.05) is 38.2 Å². The lowest BCUT2D eigenvalue weighted by Gasteiger charge is -2.05. The van der Waals surface area contributed by atoms with E-state index in [0.717, 1.165) is 17.1 Å². The zero-order valence-corrected chi connectivity index (χ0v) is 8.88. The molecule has 0 saturated carbocycles. The Bertz CT molecular complexity index is 442. The first-order valence-electron chi connectivity index (χ1n) is 4.91. The summed E-state index contributed by atoms with van der Waals surface area (Å²) in [5, 5.41) is 4.30. The molecule has 0 unspecified atom stereocenters. The molecule has 2 N–H and O–H groups in total. The lowest BCUT2D eigenvalue weighted by molar-refractivity contribution is 0.774. The van der Waals surface area contributed by atoms with Crippen LogP contribution >= 0.6 is 0 Å². The molecule has 4 nitrogen and oxygen atoms in total. The van der Waals surface area contributed by atoms with Gasteiger partial charge in [-0.15, -0.1) is 0 Å². The molecule has 0 radical (unpaired) electrons. The Kier molecular flexibility index (Phi) is 2.51. The lowest BCUT2D eigenvalue weighted by Crippen LogP contribution is -2.07. The Balaban J connectivity index is 2.31. The number of rotatable bonds is 2. The summed E-state index contributed by atoms with van der Waals surface area (Å²) >= 11 is 0. The fraction of sp³-hybridized carbons (Fsp3) is 0.273. The second kappa shape index (κ2) is 3.82. The van der Waals surface area contributed by atoms with Gasteiger partial charge in [-0.05, 0) is 32.0 Å². The summed E-state index contributed by atoms with van der Waals surface area (Å²) < 4.78 is 1.80. The topological polar surface area (TPSA) is 56.7 Å². The van der Waals surface area contributed by atoms with Gasteiger partial charge in [0.2, 0.25) is 0 Å². The standard InChI is InChI=1S/C11H14N4/c1-8-5-6-15(14-8)10-3-4-11(9(2)12)13-7-10/h3-7,9H,12H2,1-2H3/t9-/m0/s1. The zero-order valence-electron chi connectivity index (χ0n) is 8.88. The maximum atomic E-state index is 5.72. The Morgan fingerprint density at radius 1 is 1.33 bits per heavy atom. The molecule has 0 aliphatic carbocycles. The zero-order chi connectivity index (χ0) is 10.8. The van der Waals surface area contributed by atoms with Crippen LogP contribution < -0.4 is 5.73 Å². The van der Waals surface area contributed by atoms with Crippen molar-refractivity contribution in [3.63, 3.8) is 0 Å². The van der Waals surface area contributed by atoms with Crippen molar-refractivity contribution >= 4 is 0 Å². The highest BCUT2D eigenvalue weighted by Crippen LogP contribution is 2.10. The third kappa shape index (κ3) is 2.05. The summed E-state index contributed by atoms with van der Waals surface area (Å²) in [6.07, 6.45) is 3.70. The summed E-state index contributed by atoms with van der Waals surface area (Å²) in [7, 11) is 0. The van der Waals surface area contributed by atoms with Crippen molar-refractivity contribution in [2.24, 2.45) is 5.73 Å². The molecule has 15 heavy (non-hydrogen) atoms. The Hall–Kier alpha value is -1.68.